The van der Waals surface area contributed by atoms with E-state index in [2.05, 4.69) is 10.6 Å². The maximum atomic E-state index is 12.6. The lowest BCUT2D eigenvalue weighted by atomic mass is 10.1. The summed E-state index contributed by atoms with van der Waals surface area (Å²) in [7, 11) is 1.57. The number of hydrogen-bond acceptors (Lipinski definition) is 4. The van der Waals surface area contributed by atoms with Crippen LogP contribution in [0.5, 0.6) is 5.75 Å². The van der Waals surface area contributed by atoms with Gasteiger partial charge in [0.15, 0.2) is 0 Å². The molecule has 0 aliphatic heterocycles. The van der Waals surface area contributed by atoms with Gasteiger partial charge in [0.05, 0.1) is 24.5 Å². The zero-order valence-corrected chi connectivity index (χ0v) is 18.8. The highest BCUT2D eigenvalue weighted by atomic mass is 35.5. The SMILES string of the molecule is COc1ccccc1NC(=O)C(C)Sc1cccc(NC(=O)Cc2ccc(Cl)cc2)c1. The van der Waals surface area contributed by atoms with Gasteiger partial charge in [-0.2, -0.15) is 0 Å². The number of halogens is 1. The molecule has 5 nitrogen and oxygen atoms in total. The molecule has 2 amide bonds. The molecule has 0 bridgehead atoms. The van der Waals surface area contributed by atoms with Crippen LogP contribution in [0.4, 0.5) is 11.4 Å². The fourth-order valence-electron chi connectivity index (χ4n) is 2.88. The number of ether oxygens (including phenoxy) is 1. The van der Waals surface area contributed by atoms with Crippen LogP contribution in [0.1, 0.15) is 12.5 Å². The van der Waals surface area contributed by atoms with E-state index in [-0.39, 0.29) is 23.5 Å². The van der Waals surface area contributed by atoms with E-state index < -0.39 is 0 Å². The van der Waals surface area contributed by atoms with Crippen LogP contribution in [-0.4, -0.2) is 24.2 Å². The first kappa shape index (κ1) is 22.7. The molecule has 3 aromatic carbocycles. The molecule has 0 heterocycles. The zero-order chi connectivity index (χ0) is 22.2. The number of benzene rings is 3. The molecule has 0 fully saturated rings. The van der Waals surface area contributed by atoms with Crippen molar-refractivity contribution in [2.75, 3.05) is 17.7 Å². The smallest absolute Gasteiger partial charge is 0.237 e. The number of para-hydroxylation sites is 2. The summed E-state index contributed by atoms with van der Waals surface area (Å²) >= 11 is 7.29. The van der Waals surface area contributed by atoms with Crippen LogP contribution in [0.25, 0.3) is 0 Å². The fourth-order valence-corrected chi connectivity index (χ4v) is 3.93. The summed E-state index contributed by atoms with van der Waals surface area (Å²) in [5, 5.41) is 6.09. The van der Waals surface area contributed by atoms with Crippen LogP contribution in [0.3, 0.4) is 0 Å². The predicted octanol–water partition coefficient (Wildman–Crippen LogP) is 5.65. The largest absolute Gasteiger partial charge is 0.495 e. The second-order valence-corrected chi connectivity index (χ2v) is 8.68. The number of nitrogens with one attached hydrogen (secondary N) is 2. The standard InChI is InChI=1S/C24H23ClN2O3S/c1-16(24(29)27-21-8-3-4-9-22(21)30-2)31-20-7-5-6-19(15-20)26-23(28)14-17-10-12-18(25)13-11-17/h3-13,15-16H,14H2,1-2H3,(H,26,28)(H,27,29). The summed E-state index contributed by atoms with van der Waals surface area (Å²) in [5.74, 6) is 0.358. The van der Waals surface area contributed by atoms with Crippen molar-refractivity contribution in [3.8, 4) is 5.75 Å². The van der Waals surface area contributed by atoms with Crippen molar-refractivity contribution in [2.24, 2.45) is 0 Å². The molecule has 160 valence electrons. The highest BCUT2D eigenvalue weighted by molar-refractivity contribution is 8.00. The Morgan fingerprint density at radius 2 is 1.74 bits per heavy atom. The quantitative estimate of drug-likeness (QED) is 0.431. The van der Waals surface area contributed by atoms with E-state index >= 15 is 0 Å². The average molecular weight is 455 g/mol. The van der Waals surface area contributed by atoms with E-state index in [1.807, 2.05) is 55.5 Å². The van der Waals surface area contributed by atoms with Crippen molar-refractivity contribution in [3.63, 3.8) is 0 Å². The Labute approximate surface area is 191 Å². The number of carbonyl (C=O) groups is 2. The number of methoxy groups -OCH3 is 1. The van der Waals surface area contributed by atoms with Crippen molar-refractivity contribution in [1.29, 1.82) is 0 Å². The minimum atomic E-state index is -0.343. The Kier molecular flexibility index (Phi) is 7.98. The summed E-state index contributed by atoms with van der Waals surface area (Å²) in [4.78, 5) is 25.8. The van der Waals surface area contributed by atoms with Crippen molar-refractivity contribution >= 4 is 46.6 Å². The van der Waals surface area contributed by atoms with E-state index in [9.17, 15) is 9.59 Å². The van der Waals surface area contributed by atoms with E-state index in [4.69, 9.17) is 16.3 Å². The molecule has 0 saturated heterocycles. The number of carbonyl (C=O) groups excluding carboxylic acids is 2. The van der Waals surface area contributed by atoms with Crippen LogP contribution in [0.15, 0.2) is 77.7 Å². The van der Waals surface area contributed by atoms with Crippen molar-refractivity contribution in [3.05, 3.63) is 83.4 Å². The van der Waals surface area contributed by atoms with Gasteiger partial charge in [0.1, 0.15) is 5.75 Å². The van der Waals surface area contributed by atoms with Gasteiger partial charge in [-0.05, 0) is 55.0 Å². The molecule has 3 rings (SSSR count). The van der Waals surface area contributed by atoms with Gasteiger partial charge in [-0.15, -0.1) is 11.8 Å². The van der Waals surface area contributed by atoms with Gasteiger partial charge in [-0.3, -0.25) is 9.59 Å². The summed E-state index contributed by atoms with van der Waals surface area (Å²) in [6.45, 7) is 1.83. The van der Waals surface area contributed by atoms with Crippen LogP contribution >= 0.6 is 23.4 Å². The molecule has 0 aromatic heterocycles. The molecule has 3 aromatic rings. The zero-order valence-electron chi connectivity index (χ0n) is 17.2. The minimum absolute atomic E-state index is 0.119. The average Bonchev–Trinajstić information content (AvgIpc) is 2.76. The van der Waals surface area contributed by atoms with E-state index in [1.165, 1.54) is 11.8 Å². The third-order valence-electron chi connectivity index (χ3n) is 4.44. The molecule has 0 aliphatic carbocycles. The first-order chi connectivity index (χ1) is 14.9. The van der Waals surface area contributed by atoms with Gasteiger partial charge in [-0.25, -0.2) is 0 Å². The van der Waals surface area contributed by atoms with Gasteiger partial charge in [0.25, 0.3) is 0 Å². The number of anilines is 2. The van der Waals surface area contributed by atoms with Gasteiger partial charge in [0.2, 0.25) is 11.8 Å². The Bertz CT molecular complexity index is 1060. The topological polar surface area (TPSA) is 67.4 Å². The summed E-state index contributed by atoms with van der Waals surface area (Å²) in [6, 6.07) is 21.9. The molecule has 1 unspecified atom stereocenters. The Morgan fingerprint density at radius 3 is 2.48 bits per heavy atom. The van der Waals surface area contributed by atoms with Gasteiger partial charge < -0.3 is 15.4 Å². The summed E-state index contributed by atoms with van der Waals surface area (Å²) < 4.78 is 5.28. The van der Waals surface area contributed by atoms with Crippen molar-refractivity contribution < 1.29 is 14.3 Å². The Balaban J connectivity index is 1.58. The molecule has 0 spiro atoms. The number of thioether (sulfide) groups is 1. The highest BCUT2D eigenvalue weighted by Crippen LogP contribution is 2.28. The van der Waals surface area contributed by atoms with E-state index in [0.717, 1.165) is 10.5 Å². The monoisotopic (exact) mass is 454 g/mol. The van der Waals surface area contributed by atoms with E-state index in [0.29, 0.717) is 22.1 Å². The minimum Gasteiger partial charge on any atom is -0.495 e. The van der Waals surface area contributed by atoms with Gasteiger partial charge >= 0.3 is 0 Å². The fraction of sp³-hybridized carbons (Fsp3) is 0.167. The molecule has 1 atom stereocenters. The normalized spacial score (nSPS) is 11.5. The van der Waals surface area contributed by atoms with Crippen LogP contribution in [0.2, 0.25) is 5.02 Å². The molecule has 31 heavy (non-hydrogen) atoms. The van der Waals surface area contributed by atoms with Crippen LogP contribution in [0, 0.1) is 0 Å². The molecule has 2 N–H and O–H groups in total. The molecule has 0 aliphatic rings. The van der Waals surface area contributed by atoms with Gasteiger partial charge in [-0.1, -0.05) is 41.9 Å². The Morgan fingerprint density at radius 1 is 1.00 bits per heavy atom. The molecule has 7 heteroatoms. The van der Waals surface area contributed by atoms with Crippen molar-refractivity contribution in [1.82, 2.24) is 0 Å². The second kappa shape index (κ2) is 10.9. The number of rotatable bonds is 8. The maximum Gasteiger partial charge on any atom is 0.237 e. The van der Waals surface area contributed by atoms with Crippen LogP contribution in [-0.2, 0) is 16.0 Å². The van der Waals surface area contributed by atoms with Crippen LogP contribution < -0.4 is 15.4 Å². The lowest BCUT2D eigenvalue weighted by molar-refractivity contribution is -0.116. The van der Waals surface area contributed by atoms with Crippen molar-refractivity contribution in [2.45, 2.75) is 23.5 Å². The molecular weight excluding hydrogens is 432 g/mol. The molecular formula is C24H23ClN2O3S. The Hall–Kier alpha value is -2.96. The number of hydrogen-bond donors (Lipinski definition) is 2. The lowest BCUT2D eigenvalue weighted by Crippen LogP contribution is -2.22. The maximum absolute atomic E-state index is 12.6. The van der Waals surface area contributed by atoms with E-state index in [1.54, 1.807) is 31.4 Å². The van der Waals surface area contributed by atoms with Gasteiger partial charge in [0, 0.05) is 15.6 Å². The predicted molar refractivity (Wildman–Crippen MR) is 127 cm³/mol. The third kappa shape index (κ3) is 6.77. The second-order valence-electron chi connectivity index (χ2n) is 6.83. The molecule has 0 radical (unpaired) electrons. The highest BCUT2D eigenvalue weighted by Gasteiger charge is 2.16. The third-order valence-corrected chi connectivity index (χ3v) is 5.79. The summed E-state index contributed by atoms with van der Waals surface area (Å²) in [5.41, 5.74) is 2.20. The number of amides is 2. The summed E-state index contributed by atoms with van der Waals surface area (Å²) in [6.07, 6.45) is 0.256. The first-order valence-electron chi connectivity index (χ1n) is 9.69. The molecule has 0 saturated carbocycles. The lowest BCUT2D eigenvalue weighted by Gasteiger charge is -2.14. The first-order valence-corrected chi connectivity index (χ1v) is 11.0.